The topological polar surface area (TPSA) is 74.3 Å². The number of pyridine rings is 1. The number of nitrogens with zero attached hydrogens (tertiary/aromatic N) is 2. The summed E-state index contributed by atoms with van der Waals surface area (Å²) in [6.45, 7) is 4.07. The van der Waals surface area contributed by atoms with Gasteiger partial charge in [0.2, 0.25) is 5.91 Å². The number of likely N-dealkylation sites (tertiary alicyclic amines) is 1. The minimum atomic E-state index is -0.0632. The van der Waals surface area contributed by atoms with Crippen LogP contribution in [-0.2, 0) is 11.2 Å². The maximum atomic E-state index is 12.6. The molecule has 3 rings (SSSR count). The molecule has 1 aliphatic heterocycles. The number of aromatic nitrogens is 1. The van der Waals surface area contributed by atoms with Gasteiger partial charge >= 0.3 is 0 Å². The summed E-state index contributed by atoms with van der Waals surface area (Å²) >= 11 is 0. The third-order valence-corrected chi connectivity index (χ3v) is 4.75. The largest absolute Gasteiger partial charge is 0.369 e. The van der Waals surface area contributed by atoms with Gasteiger partial charge in [-0.3, -0.25) is 9.59 Å². The van der Waals surface area contributed by atoms with Gasteiger partial charge in [0.15, 0.2) is 0 Å². The van der Waals surface area contributed by atoms with Crippen molar-refractivity contribution in [1.82, 2.24) is 9.88 Å². The molecule has 142 valence electrons. The molecular formula is C21H26N4O2. The molecule has 27 heavy (non-hydrogen) atoms. The zero-order valence-electron chi connectivity index (χ0n) is 15.7. The molecule has 1 fully saturated rings. The van der Waals surface area contributed by atoms with E-state index in [0.29, 0.717) is 24.3 Å². The molecule has 1 aliphatic rings. The summed E-state index contributed by atoms with van der Waals surface area (Å²) < 4.78 is 0. The molecule has 0 bridgehead atoms. The predicted octanol–water partition coefficient (Wildman–Crippen LogP) is 3.32. The highest BCUT2D eigenvalue weighted by Gasteiger charge is 2.22. The van der Waals surface area contributed by atoms with Crippen LogP contribution in [-0.4, -0.2) is 41.3 Å². The molecule has 1 saturated heterocycles. The van der Waals surface area contributed by atoms with Crippen LogP contribution < -0.4 is 10.6 Å². The summed E-state index contributed by atoms with van der Waals surface area (Å²) in [7, 11) is 0. The highest BCUT2D eigenvalue weighted by Crippen LogP contribution is 2.18. The Balaban J connectivity index is 1.56. The standard InChI is InChI=1S/C21H26N4O2/c1-2-16-8-3-4-10-18(16)24-19(26)11-13-23-20-17(9-7-12-22-20)21(27)25-14-5-6-15-25/h3-4,7-10,12H,2,5-6,11,13-15H2,1H3,(H,22,23)(H,24,26). The maximum Gasteiger partial charge on any atom is 0.257 e. The minimum absolute atomic E-state index is 0.00410. The second-order valence-corrected chi connectivity index (χ2v) is 6.63. The number of rotatable bonds is 7. The quantitative estimate of drug-likeness (QED) is 0.788. The lowest BCUT2D eigenvalue weighted by atomic mass is 10.1. The monoisotopic (exact) mass is 366 g/mol. The summed E-state index contributed by atoms with van der Waals surface area (Å²) in [6, 6.07) is 11.4. The molecule has 1 aromatic heterocycles. The molecule has 0 saturated carbocycles. The molecule has 6 nitrogen and oxygen atoms in total. The Labute approximate surface area is 160 Å². The molecule has 0 aliphatic carbocycles. The zero-order valence-corrected chi connectivity index (χ0v) is 15.7. The van der Waals surface area contributed by atoms with E-state index in [-0.39, 0.29) is 11.8 Å². The van der Waals surface area contributed by atoms with E-state index < -0.39 is 0 Å². The Morgan fingerprint density at radius 1 is 1.11 bits per heavy atom. The van der Waals surface area contributed by atoms with Crippen molar-refractivity contribution in [2.24, 2.45) is 0 Å². The van der Waals surface area contributed by atoms with Gasteiger partial charge in [0, 0.05) is 37.9 Å². The average molecular weight is 366 g/mol. The van der Waals surface area contributed by atoms with Crippen molar-refractivity contribution >= 4 is 23.3 Å². The average Bonchev–Trinajstić information content (AvgIpc) is 3.23. The minimum Gasteiger partial charge on any atom is -0.369 e. The van der Waals surface area contributed by atoms with Crippen LogP contribution in [0, 0.1) is 0 Å². The Morgan fingerprint density at radius 3 is 2.67 bits per heavy atom. The molecule has 0 atom stereocenters. The number of nitrogens with one attached hydrogen (secondary N) is 2. The normalized spacial score (nSPS) is 13.4. The maximum absolute atomic E-state index is 12.6. The lowest BCUT2D eigenvalue weighted by molar-refractivity contribution is -0.115. The van der Waals surface area contributed by atoms with Crippen molar-refractivity contribution in [1.29, 1.82) is 0 Å². The van der Waals surface area contributed by atoms with Gasteiger partial charge in [0.1, 0.15) is 5.82 Å². The molecule has 2 heterocycles. The molecule has 0 radical (unpaired) electrons. The van der Waals surface area contributed by atoms with Crippen LogP contribution in [0.4, 0.5) is 11.5 Å². The van der Waals surface area contributed by atoms with Crippen LogP contribution in [0.3, 0.4) is 0 Å². The third kappa shape index (κ3) is 4.84. The number of amides is 2. The molecule has 0 spiro atoms. The first-order chi connectivity index (χ1) is 13.2. The summed E-state index contributed by atoms with van der Waals surface area (Å²) in [5.41, 5.74) is 2.53. The van der Waals surface area contributed by atoms with Gasteiger partial charge in [-0.25, -0.2) is 4.98 Å². The van der Waals surface area contributed by atoms with Crippen molar-refractivity contribution in [3.63, 3.8) is 0 Å². The Bertz CT molecular complexity index is 800. The SMILES string of the molecule is CCc1ccccc1NC(=O)CCNc1ncccc1C(=O)N1CCCC1. The fraction of sp³-hybridized carbons (Fsp3) is 0.381. The second kappa shape index (κ2) is 9.16. The van der Waals surface area contributed by atoms with Crippen molar-refractivity contribution in [2.45, 2.75) is 32.6 Å². The third-order valence-electron chi connectivity index (χ3n) is 4.75. The van der Waals surface area contributed by atoms with Gasteiger partial charge in [0.25, 0.3) is 5.91 Å². The zero-order chi connectivity index (χ0) is 19.1. The van der Waals surface area contributed by atoms with E-state index in [0.717, 1.165) is 43.6 Å². The summed E-state index contributed by atoms with van der Waals surface area (Å²) in [5.74, 6) is 0.479. The highest BCUT2D eigenvalue weighted by molar-refractivity contribution is 5.99. The number of carbonyl (C=O) groups excluding carboxylic acids is 2. The molecule has 2 N–H and O–H groups in total. The predicted molar refractivity (Wildman–Crippen MR) is 107 cm³/mol. The molecular weight excluding hydrogens is 340 g/mol. The molecule has 6 heteroatoms. The summed E-state index contributed by atoms with van der Waals surface area (Å²) in [5, 5.41) is 6.10. The van der Waals surface area contributed by atoms with Crippen LogP contribution >= 0.6 is 0 Å². The van der Waals surface area contributed by atoms with Crippen molar-refractivity contribution in [3.8, 4) is 0 Å². The number of benzene rings is 1. The van der Waals surface area contributed by atoms with E-state index in [1.165, 1.54) is 0 Å². The smallest absolute Gasteiger partial charge is 0.257 e. The van der Waals surface area contributed by atoms with Gasteiger partial charge < -0.3 is 15.5 Å². The number of anilines is 2. The van der Waals surface area contributed by atoms with E-state index in [4.69, 9.17) is 0 Å². The van der Waals surface area contributed by atoms with E-state index in [1.54, 1.807) is 18.3 Å². The Kier molecular flexibility index (Phi) is 6.41. The first-order valence-corrected chi connectivity index (χ1v) is 9.55. The van der Waals surface area contributed by atoms with Crippen molar-refractivity contribution < 1.29 is 9.59 Å². The fourth-order valence-electron chi connectivity index (χ4n) is 3.27. The van der Waals surface area contributed by atoms with Crippen LogP contribution in [0.2, 0.25) is 0 Å². The number of hydrogen-bond acceptors (Lipinski definition) is 4. The lowest BCUT2D eigenvalue weighted by Gasteiger charge is -2.17. The number of para-hydroxylation sites is 1. The second-order valence-electron chi connectivity index (χ2n) is 6.63. The summed E-state index contributed by atoms with van der Waals surface area (Å²) in [4.78, 5) is 31.0. The van der Waals surface area contributed by atoms with Gasteiger partial charge in [-0.1, -0.05) is 25.1 Å². The first-order valence-electron chi connectivity index (χ1n) is 9.55. The van der Waals surface area contributed by atoms with Crippen LogP contribution in [0.1, 0.15) is 42.1 Å². The first kappa shape index (κ1) is 18.9. The van der Waals surface area contributed by atoms with E-state index in [2.05, 4.69) is 22.5 Å². The number of aryl methyl sites for hydroxylation is 1. The van der Waals surface area contributed by atoms with Gasteiger partial charge in [-0.05, 0) is 43.0 Å². The lowest BCUT2D eigenvalue weighted by Crippen LogP contribution is -2.28. The molecule has 0 unspecified atom stereocenters. The van der Waals surface area contributed by atoms with Crippen LogP contribution in [0.25, 0.3) is 0 Å². The fourth-order valence-corrected chi connectivity index (χ4v) is 3.27. The molecule has 2 amide bonds. The number of hydrogen-bond donors (Lipinski definition) is 2. The van der Waals surface area contributed by atoms with E-state index in [1.807, 2.05) is 29.2 Å². The number of carbonyl (C=O) groups is 2. The molecule has 1 aromatic carbocycles. The van der Waals surface area contributed by atoms with Gasteiger partial charge in [0.05, 0.1) is 5.56 Å². The highest BCUT2D eigenvalue weighted by atomic mass is 16.2. The summed E-state index contributed by atoms with van der Waals surface area (Å²) in [6.07, 6.45) is 4.92. The molecule has 2 aromatic rings. The van der Waals surface area contributed by atoms with E-state index in [9.17, 15) is 9.59 Å². The van der Waals surface area contributed by atoms with Gasteiger partial charge in [-0.2, -0.15) is 0 Å². The van der Waals surface area contributed by atoms with Gasteiger partial charge in [-0.15, -0.1) is 0 Å². The van der Waals surface area contributed by atoms with Crippen molar-refractivity contribution in [2.75, 3.05) is 30.3 Å². The Morgan fingerprint density at radius 2 is 1.89 bits per heavy atom. The Hall–Kier alpha value is -2.89. The van der Waals surface area contributed by atoms with E-state index >= 15 is 0 Å². The van der Waals surface area contributed by atoms with Crippen LogP contribution in [0.5, 0.6) is 0 Å². The van der Waals surface area contributed by atoms with Crippen LogP contribution in [0.15, 0.2) is 42.6 Å². The van der Waals surface area contributed by atoms with Crippen molar-refractivity contribution in [3.05, 3.63) is 53.7 Å².